The highest BCUT2D eigenvalue weighted by Gasteiger charge is 2.31. The maximum absolute atomic E-state index is 12.8. The Morgan fingerprint density at radius 2 is 1.93 bits per heavy atom. The number of fused-ring (bicyclic) bond motifs is 1. The van der Waals surface area contributed by atoms with Crippen molar-refractivity contribution in [3.05, 3.63) is 65.9 Å². The zero-order chi connectivity index (χ0) is 19.7. The van der Waals surface area contributed by atoms with E-state index in [0.717, 1.165) is 33.6 Å². The van der Waals surface area contributed by atoms with Crippen molar-refractivity contribution in [2.45, 2.75) is 26.4 Å². The summed E-state index contributed by atoms with van der Waals surface area (Å²) in [7, 11) is 1.66. The van der Waals surface area contributed by atoms with Crippen LogP contribution >= 0.6 is 0 Å². The number of nitrogens with zero attached hydrogens (tertiary/aromatic N) is 3. The number of methoxy groups -OCH3 is 1. The Balaban J connectivity index is 1.54. The van der Waals surface area contributed by atoms with Crippen molar-refractivity contribution in [2.75, 3.05) is 25.1 Å². The predicted molar refractivity (Wildman–Crippen MR) is 112 cm³/mol. The van der Waals surface area contributed by atoms with Crippen LogP contribution < -0.4 is 9.64 Å². The standard InChI is InChI=1S/C23H25N3O2/c1-16-7-4-5-9-20(16)26-13-17(2)25(15-22(26)27)14-19-12-11-18-8-6-10-21(28-3)23(18)24-19/h4-12,17H,13-15H2,1-3H3/t17-/m0/s1. The summed E-state index contributed by atoms with van der Waals surface area (Å²) in [6.45, 7) is 5.93. The molecule has 1 aliphatic rings. The number of rotatable bonds is 4. The smallest absolute Gasteiger partial charge is 0.241 e. The van der Waals surface area contributed by atoms with Crippen molar-refractivity contribution in [3.63, 3.8) is 0 Å². The van der Waals surface area contributed by atoms with E-state index in [1.54, 1.807) is 7.11 Å². The molecule has 1 aliphatic heterocycles. The third kappa shape index (κ3) is 3.45. The van der Waals surface area contributed by atoms with E-state index >= 15 is 0 Å². The van der Waals surface area contributed by atoms with Gasteiger partial charge in [0.25, 0.3) is 0 Å². The monoisotopic (exact) mass is 375 g/mol. The highest BCUT2D eigenvalue weighted by atomic mass is 16.5. The summed E-state index contributed by atoms with van der Waals surface area (Å²) in [5, 5.41) is 1.05. The molecule has 1 aromatic heterocycles. The Bertz CT molecular complexity index is 1020. The molecule has 1 amide bonds. The molecule has 144 valence electrons. The van der Waals surface area contributed by atoms with E-state index in [0.29, 0.717) is 19.6 Å². The average Bonchev–Trinajstić information content (AvgIpc) is 2.70. The number of anilines is 1. The number of carbonyl (C=O) groups excluding carboxylic acids is 1. The Morgan fingerprint density at radius 1 is 1.11 bits per heavy atom. The molecule has 2 aromatic carbocycles. The summed E-state index contributed by atoms with van der Waals surface area (Å²) in [6, 6.07) is 18.3. The molecule has 0 radical (unpaired) electrons. The summed E-state index contributed by atoms with van der Waals surface area (Å²) >= 11 is 0. The third-order valence-electron chi connectivity index (χ3n) is 5.44. The number of piperazine rings is 1. The molecule has 0 aliphatic carbocycles. The van der Waals surface area contributed by atoms with Gasteiger partial charge in [0.2, 0.25) is 5.91 Å². The largest absolute Gasteiger partial charge is 0.494 e. The highest BCUT2D eigenvalue weighted by molar-refractivity contribution is 5.96. The second-order valence-electron chi connectivity index (χ2n) is 7.38. The number of aromatic nitrogens is 1. The van der Waals surface area contributed by atoms with Crippen LogP contribution in [0.5, 0.6) is 5.75 Å². The fraction of sp³-hybridized carbons (Fsp3) is 0.304. The predicted octanol–water partition coefficient (Wildman–Crippen LogP) is 3.79. The minimum Gasteiger partial charge on any atom is -0.494 e. The number of ether oxygens (including phenoxy) is 1. The van der Waals surface area contributed by atoms with Crippen LogP contribution in [0.4, 0.5) is 5.69 Å². The van der Waals surface area contributed by atoms with Gasteiger partial charge in [-0.15, -0.1) is 0 Å². The van der Waals surface area contributed by atoms with Crippen molar-refractivity contribution >= 4 is 22.5 Å². The summed E-state index contributed by atoms with van der Waals surface area (Å²) in [4.78, 5) is 21.8. The lowest BCUT2D eigenvalue weighted by Gasteiger charge is -2.39. The van der Waals surface area contributed by atoms with Crippen molar-refractivity contribution in [1.82, 2.24) is 9.88 Å². The molecule has 0 spiro atoms. The normalized spacial score (nSPS) is 17.9. The number of carbonyl (C=O) groups is 1. The number of hydrogen-bond donors (Lipinski definition) is 0. The minimum absolute atomic E-state index is 0.130. The lowest BCUT2D eigenvalue weighted by atomic mass is 10.1. The minimum atomic E-state index is 0.130. The van der Waals surface area contributed by atoms with Gasteiger partial charge in [-0.25, -0.2) is 4.98 Å². The molecule has 28 heavy (non-hydrogen) atoms. The molecule has 0 bridgehead atoms. The lowest BCUT2D eigenvalue weighted by molar-refractivity contribution is -0.122. The molecule has 0 saturated carbocycles. The molecule has 4 rings (SSSR count). The van der Waals surface area contributed by atoms with Gasteiger partial charge in [0, 0.05) is 30.2 Å². The average molecular weight is 375 g/mol. The van der Waals surface area contributed by atoms with Crippen LogP contribution in [0.1, 0.15) is 18.2 Å². The second-order valence-corrected chi connectivity index (χ2v) is 7.38. The second kappa shape index (κ2) is 7.60. The topological polar surface area (TPSA) is 45.7 Å². The molecule has 0 N–H and O–H groups in total. The van der Waals surface area contributed by atoms with Gasteiger partial charge in [0.1, 0.15) is 11.3 Å². The Morgan fingerprint density at radius 3 is 2.71 bits per heavy atom. The molecule has 3 aromatic rings. The molecule has 1 saturated heterocycles. The quantitative estimate of drug-likeness (QED) is 0.696. The van der Waals surface area contributed by atoms with Gasteiger partial charge < -0.3 is 9.64 Å². The van der Waals surface area contributed by atoms with Gasteiger partial charge in [0.15, 0.2) is 0 Å². The maximum atomic E-state index is 12.8. The van der Waals surface area contributed by atoms with Gasteiger partial charge in [-0.1, -0.05) is 36.4 Å². The van der Waals surface area contributed by atoms with Crippen molar-refractivity contribution < 1.29 is 9.53 Å². The van der Waals surface area contributed by atoms with Gasteiger partial charge in [-0.05, 0) is 37.6 Å². The summed E-state index contributed by atoms with van der Waals surface area (Å²) < 4.78 is 5.45. The molecular formula is C23H25N3O2. The molecule has 1 fully saturated rings. The van der Waals surface area contributed by atoms with Crippen molar-refractivity contribution in [2.24, 2.45) is 0 Å². The van der Waals surface area contributed by atoms with E-state index in [-0.39, 0.29) is 11.9 Å². The number of amides is 1. The maximum Gasteiger partial charge on any atom is 0.241 e. The lowest BCUT2D eigenvalue weighted by Crippen LogP contribution is -2.55. The highest BCUT2D eigenvalue weighted by Crippen LogP contribution is 2.26. The van der Waals surface area contributed by atoms with E-state index < -0.39 is 0 Å². The number of benzene rings is 2. The van der Waals surface area contributed by atoms with E-state index in [9.17, 15) is 4.79 Å². The Kier molecular flexibility index (Phi) is 5.01. The molecule has 2 heterocycles. The first-order valence-electron chi connectivity index (χ1n) is 9.59. The van der Waals surface area contributed by atoms with Gasteiger partial charge in [0.05, 0.1) is 19.3 Å². The van der Waals surface area contributed by atoms with Crippen LogP contribution in [-0.4, -0.2) is 42.0 Å². The first-order valence-corrected chi connectivity index (χ1v) is 9.59. The Labute approximate surface area is 165 Å². The molecule has 5 heteroatoms. The van der Waals surface area contributed by atoms with Crippen LogP contribution in [0.2, 0.25) is 0 Å². The van der Waals surface area contributed by atoms with Gasteiger partial charge in [-0.3, -0.25) is 9.69 Å². The van der Waals surface area contributed by atoms with Gasteiger partial charge in [-0.2, -0.15) is 0 Å². The van der Waals surface area contributed by atoms with Crippen LogP contribution in [-0.2, 0) is 11.3 Å². The summed E-state index contributed by atoms with van der Waals surface area (Å²) in [5.41, 5.74) is 3.94. The van der Waals surface area contributed by atoms with Crippen LogP contribution in [0.15, 0.2) is 54.6 Å². The number of aryl methyl sites for hydroxylation is 1. The Hall–Kier alpha value is -2.92. The summed E-state index contributed by atoms with van der Waals surface area (Å²) in [5.74, 6) is 0.901. The van der Waals surface area contributed by atoms with E-state index in [4.69, 9.17) is 9.72 Å². The first-order chi connectivity index (χ1) is 13.6. The van der Waals surface area contributed by atoms with Crippen LogP contribution in [0, 0.1) is 6.92 Å². The molecule has 1 atom stereocenters. The van der Waals surface area contributed by atoms with E-state index in [2.05, 4.69) is 17.9 Å². The fourth-order valence-corrected chi connectivity index (χ4v) is 3.83. The van der Waals surface area contributed by atoms with Crippen LogP contribution in [0.3, 0.4) is 0 Å². The molecule has 5 nitrogen and oxygen atoms in total. The number of hydrogen-bond acceptors (Lipinski definition) is 4. The van der Waals surface area contributed by atoms with Gasteiger partial charge >= 0.3 is 0 Å². The molecular weight excluding hydrogens is 350 g/mol. The zero-order valence-corrected chi connectivity index (χ0v) is 16.6. The third-order valence-corrected chi connectivity index (χ3v) is 5.44. The molecule has 0 unspecified atom stereocenters. The van der Waals surface area contributed by atoms with Crippen LogP contribution in [0.25, 0.3) is 10.9 Å². The van der Waals surface area contributed by atoms with E-state index in [1.807, 2.05) is 60.4 Å². The number of pyridine rings is 1. The van der Waals surface area contributed by atoms with E-state index in [1.165, 1.54) is 0 Å². The zero-order valence-electron chi connectivity index (χ0n) is 16.6. The first kappa shape index (κ1) is 18.4. The SMILES string of the molecule is COc1cccc2ccc(CN3CC(=O)N(c4ccccc4C)C[C@@H]3C)nc12. The van der Waals surface area contributed by atoms with Crippen molar-refractivity contribution in [3.8, 4) is 5.75 Å². The van der Waals surface area contributed by atoms with Crippen molar-refractivity contribution in [1.29, 1.82) is 0 Å². The number of para-hydroxylation sites is 2. The fourth-order valence-electron chi connectivity index (χ4n) is 3.83. The summed E-state index contributed by atoms with van der Waals surface area (Å²) in [6.07, 6.45) is 0.